The summed E-state index contributed by atoms with van der Waals surface area (Å²) < 4.78 is 36.0. The van der Waals surface area contributed by atoms with Crippen LogP contribution >= 0.6 is 11.8 Å². The predicted octanol–water partition coefficient (Wildman–Crippen LogP) is 3.08. The highest BCUT2D eigenvalue weighted by Crippen LogP contribution is 2.29. The number of hydrogen-bond donors (Lipinski definition) is 1. The molecule has 0 heterocycles. The zero-order valence-electron chi connectivity index (χ0n) is 10.9. The number of hydrogen-bond acceptors (Lipinski definition) is 4. The number of carboxylic acids is 1. The highest BCUT2D eigenvalue weighted by molar-refractivity contribution is 7.99. The summed E-state index contributed by atoms with van der Waals surface area (Å²) in [5.41, 5.74) is -0.396. The third-order valence-corrected chi connectivity index (χ3v) is 4.78. The van der Waals surface area contributed by atoms with Crippen LogP contribution < -0.4 is 0 Å². The van der Waals surface area contributed by atoms with Crippen LogP contribution in [0.3, 0.4) is 0 Å². The van der Waals surface area contributed by atoms with Gasteiger partial charge in [-0.25, -0.2) is 17.6 Å². The summed E-state index contributed by atoms with van der Waals surface area (Å²) in [6, 6.07) is 9.98. The molecular weight excluding hydrogens is 315 g/mol. The molecule has 0 spiro atoms. The summed E-state index contributed by atoms with van der Waals surface area (Å²) in [5, 5.41) is 8.87. The largest absolute Gasteiger partial charge is 0.478 e. The average Bonchev–Trinajstić information content (AvgIpc) is 2.40. The number of halogens is 1. The van der Waals surface area contributed by atoms with Gasteiger partial charge in [-0.3, -0.25) is 0 Å². The van der Waals surface area contributed by atoms with E-state index in [1.165, 1.54) is 36.0 Å². The molecule has 2 aromatic rings. The molecule has 7 heteroatoms. The van der Waals surface area contributed by atoms with E-state index in [1.54, 1.807) is 12.1 Å². The minimum atomic E-state index is -3.25. The first-order valence-electron chi connectivity index (χ1n) is 5.78. The van der Waals surface area contributed by atoms with Gasteiger partial charge in [0.05, 0.1) is 10.5 Å². The van der Waals surface area contributed by atoms with Gasteiger partial charge < -0.3 is 5.11 Å². The third kappa shape index (κ3) is 3.83. The zero-order chi connectivity index (χ0) is 15.6. The molecule has 0 radical (unpaired) electrons. The van der Waals surface area contributed by atoms with Crippen LogP contribution in [0.15, 0.2) is 57.2 Å². The van der Waals surface area contributed by atoms with Crippen molar-refractivity contribution in [3.05, 3.63) is 53.8 Å². The van der Waals surface area contributed by atoms with Crippen LogP contribution in [-0.2, 0) is 9.84 Å². The van der Waals surface area contributed by atoms with Crippen molar-refractivity contribution in [1.29, 1.82) is 0 Å². The van der Waals surface area contributed by atoms with Crippen molar-refractivity contribution in [2.75, 3.05) is 6.26 Å². The van der Waals surface area contributed by atoms with Crippen molar-refractivity contribution in [2.24, 2.45) is 0 Å². The van der Waals surface area contributed by atoms with E-state index < -0.39 is 27.2 Å². The molecule has 110 valence electrons. The van der Waals surface area contributed by atoms with Crippen molar-refractivity contribution in [3.63, 3.8) is 0 Å². The van der Waals surface area contributed by atoms with Crippen LogP contribution in [0, 0.1) is 5.82 Å². The van der Waals surface area contributed by atoms with Gasteiger partial charge in [-0.05, 0) is 42.5 Å². The first-order valence-corrected chi connectivity index (χ1v) is 8.49. The van der Waals surface area contributed by atoms with Gasteiger partial charge in [-0.15, -0.1) is 0 Å². The maximum Gasteiger partial charge on any atom is 0.338 e. The van der Waals surface area contributed by atoms with Crippen molar-refractivity contribution >= 4 is 27.6 Å². The van der Waals surface area contributed by atoms with Crippen molar-refractivity contribution in [3.8, 4) is 0 Å². The maximum absolute atomic E-state index is 13.3. The third-order valence-electron chi connectivity index (χ3n) is 2.66. The molecule has 0 bridgehead atoms. The lowest BCUT2D eigenvalue weighted by Crippen LogP contribution is -2.00. The molecule has 0 saturated heterocycles. The molecular formula is C14H11FO4S2. The molecule has 2 rings (SSSR count). The molecule has 21 heavy (non-hydrogen) atoms. The SMILES string of the molecule is CS(=O)(=O)c1ccc(Sc2ccc(F)c(C(=O)O)c2)cc1. The minimum Gasteiger partial charge on any atom is -0.478 e. The molecule has 0 amide bonds. The summed E-state index contributed by atoms with van der Waals surface area (Å²) in [5.74, 6) is -2.12. The number of carbonyl (C=O) groups is 1. The predicted molar refractivity (Wildman–Crippen MR) is 77.0 cm³/mol. The number of carboxylic acid groups (broad SMARTS) is 1. The molecule has 0 saturated carbocycles. The average molecular weight is 326 g/mol. The standard InChI is InChI=1S/C14H11FO4S2/c1-21(18,19)11-5-2-9(3-6-11)20-10-4-7-13(15)12(8-10)14(16)17/h2-8H,1H3,(H,16,17). The van der Waals surface area contributed by atoms with Crippen LogP contribution in [-0.4, -0.2) is 25.7 Å². The van der Waals surface area contributed by atoms with Crippen LogP contribution in [0.1, 0.15) is 10.4 Å². The van der Waals surface area contributed by atoms with Gasteiger partial charge in [0.25, 0.3) is 0 Å². The summed E-state index contributed by atoms with van der Waals surface area (Å²) in [4.78, 5) is 12.4. The van der Waals surface area contributed by atoms with E-state index in [-0.39, 0.29) is 4.90 Å². The van der Waals surface area contributed by atoms with E-state index in [0.717, 1.165) is 17.2 Å². The first-order chi connectivity index (χ1) is 9.77. The molecule has 0 unspecified atom stereocenters. The summed E-state index contributed by atoms with van der Waals surface area (Å²) in [7, 11) is -3.25. The van der Waals surface area contributed by atoms with E-state index in [2.05, 4.69) is 0 Å². The second-order valence-electron chi connectivity index (χ2n) is 4.29. The van der Waals surface area contributed by atoms with Crippen LogP contribution in [0.4, 0.5) is 4.39 Å². The van der Waals surface area contributed by atoms with Gasteiger partial charge >= 0.3 is 5.97 Å². The molecule has 0 aliphatic carbocycles. The Bertz CT molecular complexity index is 783. The van der Waals surface area contributed by atoms with Gasteiger partial charge in [0.1, 0.15) is 5.82 Å². The molecule has 2 aromatic carbocycles. The van der Waals surface area contributed by atoms with Crippen molar-refractivity contribution in [2.45, 2.75) is 14.7 Å². The van der Waals surface area contributed by atoms with E-state index >= 15 is 0 Å². The normalized spacial score (nSPS) is 11.3. The monoisotopic (exact) mass is 326 g/mol. The molecule has 0 aliphatic heterocycles. The Morgan fingerprint density at radius 3 is 2.19 bits per heavy atom. The zero-order valence-corrected chi connectivity index (χ0v) is 12.5. The number of aromatic carboxylic acids is 1. The number of rotatable bonds is 4. The van der Waals surface area contributed by atoms with Gasteiger partial charge in [-0.1, -0.05) is 11.8 Å². The Kier molecular flexibility index (Phi) is 4.34. The lowest BCUT2D eigenvalue weighted by molar-refractivity contribution is 0.0691. The highest BCUT2D eigenvalue weighted by atomic mass is 32.2. The molecule has 0 aromatic heterocycles. The molecule has 4 nitrogen and oxygen atoms in total. The van der Waals surface area contributed by atoms with Crippen LogP contribution in [0.5, 0.6) is 0 Å². The van der Waals surface area contributed by atoms with E-state index in [0.29, 0.717) is 4.90 Å². The molecule has 0 aliphatic rings. The number of sulfone groups is 1. The van der Waals surface area contributed by atoms with Crippen LogP contribution in [0.25, 0.3) is 0 Å². The highest BCUT2D eigenvalue weighted by Gasteiger charge is 2.12. The van der Waals surface area contributed by atoms with E-state index in [4.69, 9.17) is 5.11 Å². The number of benzene rings is 2. The maximum atomic E-state index is 13.3. The minimum absolute atomic E-state index is 0.206. The Balaban J connectivity index is 2.26. The summed E-state index contributed by atoms with van der Waals surface area (Å²) in [6.45, 7) is 0. The fraction of sp³-hybridized carbons (Fsp3) is 0.0714. The smallest absolute Gasteiger partial charge is 0.338 e. The Labute approximate surface area is 125 Å². The first kappa shape index (κ1) is 15.5. The van der Waals surface area contributed by atoms with Gasteiger partial charge in [0.2, 0.25) is 0 Å². The Hall–Kier alpha value is -1.86. The second kappa shape index (κ2) is 5.87. The van der Waals surface area contributed by atoms with Crippen molar-refractivity contribution in [1.82, 2.24) is 0 Å². The van der Waals surface area contributed by atoms with Crippen molar-refractivity contribution < 1.29 is 22.7 Å². The second-order valence-corrected chi connectivity index (χ2v) is 7.46. The Morgan fingerprint density at radius 2 is 1.67 bits per heavy atom. The summed E-state index contributed by atoms with van der Waals surface area (Å²) >= 11 is 1.22. The summed E-state index contributed by atoms with van der Waals surface area (Å²) in [6.07, 6.45) is 1.12. The van der Waals surface area contributed by atoms with Gasteiger partial charge in [0.15, 0.2) is 9.84 Å². The van der Waals surface area contributed by atoms with Gasteiger partial charge in [0, 0.05) is 16.0 Å². The fourth-order valence-corrected chi connectivity index (χ4v) is 3.11. The lowest BCUT2D eigenvalue weighted by Gasteiger charge is -2.05. The van der Waals surface area contributed by atoms with Gasteiger partial charge in [-0.2, -0.15) is 0 Å². The van der Waals surface area contributed by atoms with Crippen LogP contribution in [0.2, 0.25) is 0 Å². The lowest BCUT2D eigenvalue weighted by atomic mass is 10.2. The van der Waals surface area contributed by atoms with E-state index in [1.807, 2.05) is 0 Å². The Morgan fingerprint density at radius 1 is 1.10 bits per heavy atom. The fourth-order valence-electron chi connectivity index (χ4n) is 1.62. The quantitative estimate of drug-likeness (QED) is 0.935. The molecule has 0 atom stereocenters. The van der Waals surface area contributed by atoms with E-state index in [9.17, 15) is 17.6 Å². The topological polar surface area (TPSA) is 71.4 Å². The molecule has 1 N–H and O–H groups in total. The molecule has 0 fully saturated rings.